The summed E-state index contributed by atoms with van der Waals surface area (Å²) in [5, 5.41) is 15.5. The van der Waals surface area contributed by atoms with Crippen LogP contribution in [0.4, 0.5) is 0 Å². The third kappa shape index (κ3) is 5.32. The van der Waals surface area contributed by atoms with Crippen molar-refractivity contribution in [2.75, 3.05) is 12.0 Å². The molecule has 3 atom stereocenters. The van der Waals surface area contributed by atoms with Crippen molar-refractivity contribution >= 4 is 48.1 Å². The molecule has 2 aliphatic heterocycles. The molecule has 2 N–H and O–H groups in total. The number of piperidine rings is 1. The highest BCUT2D eigenvalue weighted by Crippen LogP contribution is 2.32. The van der Waals surface area contributed by atoms with Gasteiger partial charge in [0.05, 0.1) is 6.04 Å². The maximum Gasteiger partial charge on any atom is 0.220 e. The fourth-order valence-corrected chi connectivity index (χ4v) is 4.93. The molecule has 28 heavy (non-hydrogen) atoms. The average Bonchev–Trinajstić information content (AvgIpc) is 3.21. The Morgan fingerprint density at radius 1 is 1.29 bits per heavy atom. The number of carbonyl (C=O) groups is 1. The topological polar surface area (TPSA) is 71.3 Å². The van der Waals surface area contributed by atoms with E-state index in [1.165, 1.54) is 12.8 Å². The number of thioether (sulfide) groups is 1. The van der Waals surface area contributed by atoms with Gasteiger partial charge in [0.2, 0.25) is 5.91 Å². The van der Waals surface area contributed by atoms with E-state index in [2.05, 4.69) is 27.1 Å². The van der Waals surface area contributed by atoms with Gasteiger partial charge in [-0.3, -0.25) is 9.20 Å². The van der Waals surface area contributed by atoms with Gasteiger partial charge in [0.1, 0.15) is 0 Å². The minimum absolute atomic E-state index is 0. The van der Waals surface area contributed by atoms with E-state index in [0.717, 1.165) is 36.5 Å². The summed E-state index contributed by atoms with van der Waals surface area (Å²) in [6, 6.07) is 7.02. The molecule has 2 aromatic rings. The highest BCUT2D eigenvalue weighted by atomic mass is 35.5. The van der Waals surface area contributed by atoms with E-state index in [0.29, 0.717) is 24.4 Å². The molecule has 0 aromatic carbocycles. The summed E-state index contributed by atoms with van der Waals surface area (Å²) in [4.78, 5) is 12.8. The van der Waals surface area contributed by atoms with Crippen LogP contribution < -0.4 is 10.6 Å². The van der Waals surface area contributed by atoms with Gasteiger partial charge >= 0.3 is 0 Å². The van der Waals surface area contributed by atoms with Gasteiger partial charge in [-0.05, 0) is 62.2 Å². The Morgan fingerprint density at radius 2 is 2.04 bits per heavy atom. The number of hydrogen-bond donors (Lipinski definition) is 2. The largest absolute Gasteiger partial charge is 0.346 e. The van der Waals surface area contributed by atoms with E-state index in [1.807, 2.05) is 28.8 Å². The van der Waals surface area contributed by atoms with Crippen molar-refractivity contribution in [3.8, 4) is 0 Å². The first-order valence-electron chi connectivity index (χ1n) is 9.57. The van der Waals surface area contributed by atoms with E-state index < -0.39 is 0 Å². The summed E-state index contributed by atoms with van der Waals surface area (Å²) in [7, 11) is 0. The van der Waals surface area contributed by atoms with Gasteiger partial charge in [0.15, 0.2) is 11.5 Å². The third-order valence-corrected chi connectivity index (χ3v) is 6.29. The molecule has 2 fully saturated rings. The minimum Gasteiger partial charge on any atom is -0.346 e. The van der Waals surface area contributed by atoms with Crippen molar-refractivity contribution in [3.05, 3.63) is 30.2 Å². The number of rotatable bonds is 7. The lowest BCUT2D eigenvalue weighted by Crippen LogP contribution is -2.40. The molecule has 2 aromatic heterocycles. The second-order valence-corrected chi connectivity index (χ2v) is 8.55. The number of amides is 1. The quantitative estimate of drug-likeness (QED) is 0.682. The first-order chi connectivity index (χ1) is 12.7. The molecule has 9 heteroatoms. The highest BCUT2D eigenvalue weighted by molar-refractivity contribution is 7.98. The molecule has 1 amide bonds. The monoisotopic (exact) mass is 445 g/mol. The van der Waals surface area contributed by atoms with Crippen molar-refractivity contribution in [1.29, 1.82) is 0 Å². The van der Waals surface area contributed by atoms with Crippen molar-refractivity contribution < 1.29 is 4.79 Å². The van der Waals surface area contributed by atoms with Gasteiger partial charge in [-0.2, -0.15) is 11.8 Å². The molecule has 2 saturated heterocycles. The van der Waals surface area contributed by atoms with Crippen LogP contribution in [0.3, 0.4) is 0 Å². The third-order valence-electron chi connectivity index (χ3n) is 5.64. The second-order valence-electron chi connectivity index (χ2n) is 7.57. The summed E-state index contributed by atoms with van der Waals surface area (Å²) in [5.74, 6) is 2.46. The number of nitrogens with zero attached hydrogens (tertiary/aromatic N) is 3. The van der Waals surface area contributed by atoms with E-state index in [9.17, 15) is 4.79 Å². The Balaban J connectivity index is 0.00000140. The zero-order chi connectivity index (χ0) is 17.9. The summed E-state index contributed by atoms with van der Waals surface area (Å²) in [5.41, 5.74) is 0.820. The van der Waals surface area contributed by atoms with Gasteiger partial charge in [-0.15, -0.1) is 35.0 Å². The van der Waals surface area contributed by atoms with Crippen LogP contribution in [0.2, 0.25) is 0 Å². The predicted octanol–water partition coefficient (Wildman–Crippen LogP) is 3.40. The van der Waals surface area contributed by atoms with Crippen LogP contribution >= 0.6 is 36.6 Å². The van der Waals surface area contributed by atoms with Crippen LogP contribution in [0.15, 0.2) is 24.4 Å². The fraction of sp³-hybridized carbons (Fsp3) is 0.632. The Hall–Kier alpha value is -1.02. The normalized spacial score (nSPS) is 24.2. The molecular weight excluding hydrogens is 417 g/mol. The van der Waals surface area contributed by atoms with Crippen LogP contribution in [0.5, 0.6) is 0 Å². The molecule has 0 aliphatic carbocycles. The molecule has 4 rings (SSSR count). The number of nitrogens with one attached hydrogen (secondary N) is 2. The summed E-state index contributed by atoms with van der Waals surface area (Å²) < 4.78 is 1.98. The molecule has 2 aliphatic rings. The summed E-state index contributed by atoms with van der Waals surface area (Å²) >= 11 is 1.79. The average molecular weight is 446 g/mol. The Bertz CT molecular complexity index is 762. The van der Waals surface area contributed by atoms with Gasteiger partial charge < -0.3 is 10.6 Å². The molecule has 0 spiro atoms. The molecule has 0 radical (unpaired) electrons. The number of pyridine rings is 1. The molecule has 6 nitrogen and oxygen atoms in total. The molecule has 3 unspecified atom stereocenters. The molecule has 156 valence electrons. The van der Waals surface area contributed by atoms with Crippen LogP contribution in [-0.2, 0) is 4.79 Å². The van der Waals surface area contributed by atoms with Crippen LogP contribution in [0.25, 0.3) is 5.65 Å². The van der Waals surface area contributed by atoms with E-state index in [1.54, 1.807) is 11.8 Å². The number of hydrogen-bond acceptors (Lipinski definition) is 5. The van der Waals surface area contributed by atoms with Gasteiger partial charge in [0.25, 0.3) is 0 Å². The number of fused-ring (bicyclic) bond motifs is 3. The van der Waals surface area contributed by atoms with Crippen molar-refractivity contribution in [1.82, 2.24) is 25.2 Å². The van der Waals surface area contributed by atoms with Gasteiger partial charge in [-0.1, -0.05) is 6.07 Å². The number of aromatic nitrogens is 3. The number of halogens is 2. The SMILES string of the molecule is CSCCC(NC(=O)CC1CC2CCC(C1)N2)c1nnc2ccccn12.Cl.Cl. The van der Waals surface area contributed by atoms with E-state index >= 15 is 0 Å². The van der Waals surface area contributed by atoms with Crippen LogP contribution in [0.1, 0.15) is 50.4 Å². The first kappa shape index (κ1) is 23.3. The van der Waals surface area contributed by atoms with Crippen molar-refractivity contribution in [3.63, 3.8) is 0 Å². The number of carbonyl (C=O) groups excluding carboxylic acids is 1. The van der Waals surface area contributed by atoms with Crippen LogP contribution in [0, 0.1) is 5.92 Å². The van der Waals surface area contributed by atoms with Crippen molar-refractivity contribution in [2.24, 2.45) is 5.92 Å². The Labute approximate surface area is 182 Å². The smallest absolute Gasteiger partial charge is 0.220 e. The second kappa shape index (κ2) is 10.7. The lowest BCUT2D eigenvalue weighted by atomic mass is 9.89. The maximum atomic E-state index is 12.8. The predicted molar refractivity (Wildman–Crippen MR) is 119 cm³/mol. The fourth-order valence-electron chi connectivity index (χ4n) is 4.46. The van der Waals surface area contributed by atoms with Crippen molar-refractivity contribution in [2.45, 2.75) is 56.7 Å². The molecular formula is C19H29Cl2N5OS. The van der Waals surface area contributed by atoms with Gasteiger partial charge in [0, 0.05) is 24.7 Å². The zero-order valence-electron chi connectivity index (χ0n) is 16.0. The first-order valence-corrected chi connectivity index (χ1v) is 11.0. The lowest BCUT2D eigenvalue weighted by Gasteiger charge is -2.29. The Morgan fingerprint density at radius 3 is 2.75 bits per heavy atom. The minimum atomic E-state index is -0.0919. The zero-order valence-corrected chi connectivity index (χ0v) is 18.5. The summed E-state index contributed by atoms with van der Waals surface area (Å²) in [6.45, 7) is 0. The van der Waals surface area contributed by atoms with Gasteiger partial charge in [-0.25, -0.2) is 0 Å². The molecule has 2 bridgehead atoms. The van der Waals surface area contributed by atoms with Crippen LogP contribution in [-0.4, -0.2) is 44.6 Å². The molecule has 4 heterocycles. The van der Waals surface area contributed by atoms with E-state index in [4.69, 9.17) is 0 Å². The lowest BCUT2D eigenvalue weighted by molar-refractivity contribution is -0.123. The summed E-state index contributed by atoms with van der Waals surface area (Å²) in [6.07, 6.45) is 10.3. The Kier molecular flexibility index (Phi) is 8.86. The highest BCUT2D eigenvalue weighted by Gasteiger charge is 2.34. The molecule has 0 saturated carbocycles. The maximum absolute atomic E-state index is 12.8. The van der Waals surface area contributed by atoms with E-state index in [-0.39, 0.29) is 36.8 Å². The standard InChI is InChI=1S/C19H27N5OS.2ClH/c1-26-9-7-16(19-23-22-17-4-2-3-8-24(17)19)21-18(25)12-13-10-14-5-6-15(11-13)20-14;;/h2-4,8,13-16,20H,5-7,9-12H2,1H3,(H,21,25);2*1H.